The molecule has 2 amide bonds. The Morgan fingerprint density at radius 3 is 2.36 bits per heavy atom. The van der Waals surface area contributed by atoms with E-state index in [1.165, 1.54) is 30.3 Å². The number of nitrogens with zero attached hydrogens (tertiary/aromatic N) is 2. The zero-order valence-corrected chi connectivity index (χ0v) is 15.1. The maximum absolute atomic E-state index is 12.9. The van der Waals surface area contributed by atoms with E-state index in [4.69, 9.17) is 5.11 Å². The van der Waals surface area contributed by atoms with Gasteiger partial charge >= 0.3 is 5.97 Å². The Kier molecular flexibility index (Phi) is 5.98. The summed E-state index contributed by atoms with van der Waals surface area (Å²) >= 11 is 0. The maximum Gasteiger partial charge on any atom is 0.354 e. The van der Waals surface area contributed by atoms with Crippen LogP contribution >= 0.6 is 0 Å². The fourth-order valence-electron chi connectivity index (χ4n) is 3.12. The van der Waals surface area contributed by atoms with E-state index in [1.807, 2.05) is 0 Å². The number of pyridine rings is 1. The Bertz CT molecular complexity index is 877. The van der Waals surface area contributed by atoms with Gasteiger partial charge in [0.05, 0.1) is 0 Å². The number of nitrogens with one attached hydrogen (secondary N) is 1. The molecule has 0 saturated carbocycles. The van der Waals surface area contributed by atoms with Crippen molar-refractivity contribution in [3.8, 4) is 0 Å². The standard InChI is InChI=1S/C20H20FN3O4/c21-15-6-4-13(5-7-15)12-22-18(25)14-8-10-24(11-9-14)19(26)16-2-1-3-17(23-16)20(27)28/h1-7,14H,8-12H2,(H,22,25)(H,27,28). The molecule has 0 unspecified atom stereocenters. The highest BCUT2D eigenvalue weighted by molar-refractivity contribution is 5.94. The van der Waals surface area contributed by atoms with Crippen LogP contribution in [-0.2, 0) is 11.3 Å². The molecule has 2 N–H and O–H groups in total. The van der Waals surface area contributed by atoms with Gasteiger partial charge in [-0.15, -0.1) is 0 Å². The van der Waals surface area contributed by atoms with Gasteiger partial charge in [-0.1, -0.05) is 18.2 Å². The van der Waals surface area contributed by atoms with Gasteiger partial charge in [-0.2, -0.15) is 0 Å². The third-order valence-corrected chi connectivity index (χ3v) is 4.72. The number of piperidine rings is 1. The molecular weight excluding hydrogens is 365 g/mol. The third-order valence-electron chi connectivity index (χ3n) is 4.72. The summed E-state index contributed by atoms with van der Waals surface area (Å²) in [7, 11) is 0. The molecule has 1 aliphatic rings. The fraction of sp³-hybridized carbons (Fsp3) is 0.300. The molecule has 2 heterocycles. The quantitative estimate of drug-likeness (QED) is 0.821. The highest BCUT2D eigenvalue weighted by atomic mass is 19.1. The number of likely N-dealkylation sites (tertiary alicyclic amines) is 1. The van der Waals surface area contributed by atoms with Gasteiger partial charge in [0.25, 0.3) is 5.91 Å². The minimum absolute atomic E-state index is 0.0825. The Morgan fingerprint density at radius 2 is 1.71 bits per heavy atom. The van der Waals surface area contributed by atoms with Gasteiger partial charge in [0, 0.05) is 25.6 Å². The van der Waals surface area contributed by atoms with Crippen molar-refractivity contribution >= 4 is 17.8 Å². The van der Waals surface area contributed by atoms with Crippen LogP contribution in [0.4, 0.5) is 4.39 Å². The topological polar surface area (TPSA) is 99.6 Å². The molecule has 2 aromatic rings. The van der Waals surface area contributed by atoms with Crippen molar-refractivity contribution < 1.29 is 23.9 Å². The Morgan fingerprint density at radius 1 is 1.07 bits per heavy atom. The van der Waals surface area contributed by atoms with Crippen molar-refractivity contribution in [3.05, 3.63) is 65.2 Å². The zero-order chi connectivity index (χ0) is 20.1. The first-order valence-corrected chi connectivity index (χ1v) is 8.96. The number of carbonyl (C=O) groups is 3. The van der Waals surface area contributed by atoms with Crippen molar-refractivity contribution in [2.24, 2.45) is 5.92 Å². The van der Waals surface area contributed by atoms with Crippen LogP contribution in [0.3, 0.4) is 0 Å². The number of carbonyl (C=O) groups excluding carboxylic acids is 2. The summed E-state index contributed by atoms with van der Waals surface area (Å²) in [6.45, 7) is 1.11. The molecule has 0 aliphatic carbocycles. The van der Waals surface area contributed by atoms with Crippen LogP contribution in [0.1, 0.15) is 39.4 Å². The van der Waals surface area contributed by atoms with Gasteiger partial charge in [-0.3, -0.25) is 9.59 Å². The number of hydrogen-bond acceptors (Lipinski definition) is 4. The van der Waals surface area contributed by atoms with Crippen molar-refractivity contribution in [2.75, 3.05) is 13.1 Å². The molecule has 3 rings (SSSR count). The Labute approximate surface area is 161 Å². The average Bonchev–Trinajstić information content (AvgIpc) is 2.72. The third kappa shape index (κ3) is 4.70. The molecule has 0 atom stereocenters. The average molecular weight is 385 g/mol. The molecule has 1 saturated heterocycles. The van der Waals surface area contributed by atoms with E-state index >= 15 is 0 Å². The predicted octanol–water partition coefficient (Wildman–Crippen LogP) is 2.09. The number of carboxylic acid groups (broad SMARTS) is 1. The van der Waals surface area contributed by atoms with Crippen molar-refractivity contribution in [1.82, 2.24) is 15.2 Å². The molecule has 0 spiro atoms. The van der Waals surface area contributed by atoms with Crippen molar-refractivity contribution in [3.63, 3.8) is 0 Å². The van der Waals surface area contributed by atoms with Gasteiger partial charge in [0.15, 0.2) is 0 Å². The number of benzene rings is 1. The summed E-state index contributed by atoms with van der Waals surface area (Å²) in [5, 5.41) is 11.8. The van der Waals surface area contributed by atoms with Crippen LogP contribution in [-0.4, -0.2) is 45.9 Å². The zero-order valence-electron chi connectivity index (χ0n) is 15.1. The summed E-state index contributed by atoms with van der Waals surface area (Å²) in [5.74, 6) is -2.15. The van der Waals surface area contributed by atoms with Crippen LogP contribution < -0.4 is 5.32 Å². The molecule has 0 radical (unpaired) electrons. The summed E-state index contributed by atoms with van der Waals surface area (Å²) in [6.07, 6.45) is 1.03. The molecule has 7 nitrogen and oxygen atoms in total. The lowest BCUT2D eigenvalue weighted by atomic mass is 9.95. The molecule has 1 aromatic heterocycles. The van der Waals surface area contributed by atoms with E-state index in [0.717, 1.165) is 5.56 Å². The lowest BCUT2D eigenvalue weighted by molar-refractivity contribution is -0.126. The number of carboxylic acids is 1. The van der Waals surface area contributed by atoms with Gasteiger partial charge < -0.3 is 15.3 Å². The number of amides is 2. The highest BCUT2D eigenvalue weighted by Gasteiger charge is 2.28. The van der Waals surface area contributed by atoms with E-state index in [-0.39, 0.29) is 34.9 Å². The fourth-order valence-corrected chi connectivity index (χ4v) is 3.12. The second-order valence-corrected chi connectivity index (χ2v) is 6.62. The highest BCUT2D eigenvalue weighted by Crippen LogP contribution is 2.19. The first-order chi connectivity index (χ1) is 13.4. The van der Waals surface area contributed by atoms with Crippen LogP contribution in [0.25, 0.3) is 0 Å². The Hall–Kier alpha value is -3.29. The first kappa shape index (κ1) is 19.5. The lowest BCUT2D eigenvalue weighted by Gasteiger charge is -2.31. The monoisotopic (exact) mass is 385 g/mol. The van der Waals surface area contributed by atoms with E-state index in [0.29, 0.717) is 32.5 Å². The van der Waals surface area contributed by atoms with Crippen molar-refractivity contribution in [2.45, 2.75) is 19.4 Å². The summed E-state index contributed by atoms with van der Waals surface area (Å²) in [6, 6.07) is 10.2. The molecule has 0 bridgehead atoms. The molecule has 146 valence electrons. The smallest absolute Gasteiger partial charge is 0.354 e. The second kappa shape index (κ2) is 8.60. The number of rotatable bonds is 5. The van der Waals surface area contributed by atoms with Gasteiger partial charge in [-0.05, 0) is 42.7 Å². The summed E-state index contributed by atoms with van der Waals surface area (Å²) in [5.41, 5.74) is 0.715. The van der Waals surface area contributed by atoms with Gasteiger partial charge in [-0.25, -0.2) is 14.2 Å². The molecule has 1 fully saturated rings. The summed E-state index contributed by atoms with van der Waals surface area (Å²) < 4.78 is 12.9. The normalized spacial score (nSPS) is 14.5. The van der Waals surface area contributed by atoms with E-state index in [9.17, 15) is 18.8 Å². The largest absolute Gasteiger partial charge is 0.477 e. The molecular formula is C20H20FN3O4. The van der Waals surface area contributed by atoms with Gasteiger partial charge in [0.1, 0.15) is 17.2 Å². The van der Waals surface area contributed by atoms with Crippen LogP contribution in [0.15, 0.2) is 42.5 Å². The lowest BCUT2D eigenvalue weighted by Crippen LogP contribution is -2.43. The maximum atomic E-state index is 12.9. The Balaban J connectivity index is 1.51. The van der Waals surface area contributed by atoms with Crippen LogP contribution in [0.2, 0.25) is 0 Å². The SMILES string of the molecule is O=C(O)c1cccc(C(=O)N2CCC(C(=O)NCc3ccc(F)cc3)CC2)n1. The molecule has 1 aromatic carbocycles. The number of hydrogen-bond donors (Lipinski definition) is 2. The van der Waals surface area contributed by atoms with E-state index in [2.05, 4.69) is 10.3 Å². The predicted molar refractivity (Wildman–Crippen MR) is 98.1 cm³/mol. The summed E-state index contributed by atoms with van der Waals surface area (Å²) in [4.78, 5) is 41.3. The number of aromatic nitrogens is 1. The minimum Gasteiger partial charge on any atom is -0.477 e. The van der Waals surface area contributed by atoms with Crippen molar-refractivity contribution in [1.29, 1.82) is 0 Å². The minimum atomic E-state index is -1.19. The number of halogens is 1. The second-order valence-electron chi connectivity index (χ2n) is 6.62. The first-order valence-electron chi connectivity index (χ1n) is 8.96. The molecule has 8 heteroatoms. The molecule has 28 heavy (non-hydrogen) atoms. The van der Waals surface area contributed by atoms with Crippen LogP contribution in [0, 0.1) is 11.7 Å². The van der Waals surface area contributed by atoms with Crippen LogP contribution in [0.5, 0.6) is 0 Å². The molecule has 1 aliphatic heterocycles. The van der Waals surface area contributed by atoms with E-state index < -0.39 is 5.97 Å². The number of aromatic carboxylic acids is 1. The van der Waals surface area contributed by atoms with E-state index in [1.54, 1.807) is 17.0 Å². The van der Waals surface area contributed by atoms with Gasteiger partial charge in [0.2, 0.25) is 5.91 Å².